The summed E-state index contributed by atoms with van der Waals surface area (Å²) in [7, 11) is -4.92. The van der Waals surface area contributed by atoms with Crippen LogP contribution in [0.15, 0.2) is 18.2 Å². The van der Waals surface area contributed by atoms with Gasteiger partial charge in [0.25, 0.3) is 5.69 Å². The van der Waals surface area contributed by atoms with Gasteiger partial charge in [0.1, 0.15) is 5.69 Å². The molecule has 0 amide bonds. The second-order valence-electron chi connectivity index (χ2n) is 2.50. The largest absolute Gasteiger partial charge is 0.726 e. The molecule has 0 aromatic heterocycles. The van der Waals surface area contributed by atoms with Gasteiger partial charge in [0.15, 0.2) is 0 Å². The summed E-state index contributed by atoms with van der Waals surface area (Å²) in [6.07, 6.45) is 0. The SMILES string of the molecule is Nc1ccc([N+](=O)[O-])c(N)c1.O=S(=O)([O-])O. The lowest BCUT2D eigenvalue weighted by Gasteiger charge is -1.96. The van der Waals surface area contributed by atoms with E-state index in [2.05, 4.69) is 0 Å². The summed E-state index contributed by atoms with van der Waals surface area (Å²) < 4.78 is 32.8. The molecular formula is C6H8N3O6S-. The maximum absolute atomic E-state index is 10.2. The van der Waals surface area contributed by atoms with Crippen molar-refractivity contribution in [2.75, 3.05) is 11.5 Å². The predicted octanol–water partition coefficient (Wildman–Crippen LogP) is -0.236. The van der Waals surface area contributed by atoms with Gasteiger partial charge < -0.3 is 16.0 Å². The van der Waals surface area contributed by atoms with Crippen LogP contribution in [0.25, 0.3) is 0 Å². The van der Waals surface area contributed by atoms with Crippen molar-refractivity contribution in [2.24, 2.45) is 0 Å². The maximum atomic E-state index is 10.2. The molecule has 0 aliphatic heterocycles. The lowest BCUT2D eigenvalue weighted by atomic mass is 10.2. The minimum absolute atomic E-state index is 0.0926. The Hall–Kier alpha value is -1.91. The Labute approximate surface area is 90.4 Å². The van der Waals surface area contributed by atoms with E-state index in [0.29, 0.717) is 5.69 Å². The molecule has 0 saturated heterocycles. The van der Waals surface area contributed by atoms with Crippen LogP contribution in [0.4, 0.5) is 17.1 Å². The Morgan fingerprint density at radius 2 is 1.75 bits per heavy atom. The van der Waals surface area contributed by atoms with E-state index in [1.54, 1.807) is 0 Å². The summed E-state index contributed by atoms with van der Waals surface area (Å²) in [5, 5.41) is 10.2. The molecule has 9 nitrogen and oxygen atoms in total. The molecule has 16 heavy (non-hydrogen) atoms. The normalized spacial score (nSPS) is 10.1. The molecular weight excluding hydrogens is 242 g/mol. The predicted molar refractivity (Wildman–Crippen MR) is 54.2 cm³/mol. The molecule has 0 aliphatic carbocycles. The van der Waals surface area contributed by atoms with Crippen molar-refractivity contribution in [1.82, 2.24) is 0 Å². The molecule has 0 fully saturated rings. The molecule has 5 N–H and O–H groups in total. The minimum Gasteiger partial charge on any atom is -0.726 e. The molecule has 0 bridgehead atoms. The van der Waals surface area contributed by atoms with Crippen molar-refractivity contribution in [1.29, 1.82) is 0 Å². The second kappa shape index (κ2) is 5.25. The van der Waals surface area contributed by atoms with Gasteiger partial charge >= 0.3 is 0 Å². The number of nitrogens with zero attached hydrogens (tertiary/aromatic N) is 1. The summed E-state index contributed by atoms with van der Waals surface area (Å²) in [5.41, 5.74) is 11.0. The third kappa shape index (κ3) is 6.53. The van der Waals surface area contributed by atoms with Crippen molar-refractivity contribution in [3.63, 3.8) is 0 Å². The van der Waals surface area contributed by atoms with Crippen molar-refractivity contribution < 1.29 is 22.4 Å². The van der Waals surface area contributed by atoms with Crippen LogP contribution in [-0.4, -0.2) is 22.4 Å². The first-order valence-corrected chi connectivity index (χ1v) is 4.95. The van der Waals surface area contributed by atoms with E-state index >= 15 is 0 Å². The first-order valence-electron chi connectivity index (χ1n) is 3.59. The van der Waals surface area contributed by atoms with E-state index in [9.17, 15) is 10.1 Å². The molecule has 0 saturated carbocycles. The average molecular weight is 250 g/mol. The van der Waals surface area contributed by atoms with E-state index in [-0.39, 0.29) is 11.4 Å². The van der Waals surface area contributed by atoms with Gasteiger partial charge in [-0.2, -0.15) is 0 Å². The monoisotopic (exact) mass is 250 g/mol. The standard InChI is InChI=1S/C6H7N3O2.H2O4S/c7-4-1-2-6(9(10)11)5(8)3-4;1-5(2,3)4/h1-3H,7-8H2;(H2,1,2,3,4)/p-1. The van der Waals surface area contributed by atoms with Crippen LogP contribution in [-0.2, 0) is 10.4 Å². The Balaban J connectivity index is 0.000000385. The van der Waals surface area contributed by atoms with Gasteiger partial charge in [-0.25, -0.2) is 8.42 Å². The average Bonchev–Trinajstić information content (AvgIpc) is 1.99. The number of nitrogen functional groups attached to an aromatic ring is 2. The van der Waals surface area contributed by atoms with Gasteiger partial charge in [0, 0.05) is 11.8 Å². The van der Waals surface area contributed by atoms with Gasteiger partial charge in [-0.3, -0.25) is 14.7 Å². The van der Waals surface area contributed by atoms with Gasteiger partial charge in [0.2, 0.25) is 10.4 Å². The lowest BCUT2D eigenvalue weighted by Crippen LogP contribution is -1.96. The van der Waals surface area contributed by atoms with Gasteiger partial charge in [0.05, 0.1) is 4.92 Å². The van der Waals surface area contributed by atoms with E-state index in [1.807, 2.05) is 0 Å². The molecule has 10 heteroatoms. The van der Waals surface area contributed by atoms with Crippen molar-refractivity contribution in [3.05, 3.63) is 28.3 Å². The summed E-state index contributed by atoms with van der Waals surface area (Å²) in [6.45, 7) is 0. The highest BCUT2D eigenvalue weighted by atomic mass is 32.3. The molecule has 0 unspecified atom stereocenters. The number of rotatable bonds is 1. The third-order valence-corrected chi connectivity index (χ3v) is 1.25. The highest BCUT2D eigenvalue weighted by molar-refractivity contribution is 7.79. The Bertz CT molecular complexity index is 477. The highest BCUT2D eigenvalue weighted by Gasteiger charge is 2.09. The first kappa shape index (κ1) is 14.1. The summed E-state index contributed by atoms with van der Waals surface area (Å²) >= 11 is 0. The zero-order valence-corrected chi connectivity index (χ0v) is 8.55. The zero-order valence-electron chi connectivity index (χ0n) is 7.73. The number of hydrogen-bond donors (Lipinski definition) is 3. The maximum Gasteiger partial charge on any atom is 0.292 e. The fourth-order valence-electron chi connectivity index (χ4n) is 0.739. The molecule has 1 aromatic rings. The van der Waals surface area contributed by atoms with Crippen molar-refractivity contribution in [3.8, 4) is 0 Å². The summed E-state index contributed by atoms with van der Waals surface area (Å²) in [4.78, 5) is 9.67. The lowest BCUT2D eigenvalue weighted by molar-refractivity contribution is -0.383. The number of nitro groups is 1. The number of hydrogen-bond acceptors (Lipinski definition) is 7. The molecule has 1 rings (SSSR count). The smallest absolute Gasteiger partial charge is 0.292 e. The molecule has 1 aromatic carbocycles. The minimum atomic E-state index is -4.92. The fourth-order valence-corrected chi connectivity index (χ4v) is 0.739. The topological polar surface area (TPSA) is 173 Å². The second-order valence-corrected chi connectivity index (χ2v) is 3.36. The third-order valence-electron chi connectivity index (χ3n) is 1.25. The highest BCUT2D eigenvalue weighted by Crippen LogP contribution is 2.22. The zero-order chi connectivity index (χ0) is 12.9. The molecule has 0 aliphatic rings. The number of nitrogens with two attached hydrogens (primary N) is 2. The van der Waals surface area contributed by atoms with Crippen molar-refractivity contribution in [2.45, 2.75) is 0 Å². The molecule has 0 radical (unpaired) electrons. The van der Waals surface area contributed by atoms with Crippen LogP contribution >= 0.6 is 0 Å². The van der Waals surface area contributed by atoms with Crippen LogP contribution < -0.4 is 11.5 Å². The van der Waals surface area contributed by atoms with E-state index in [0.717, 1.165) is 0 Å². The molecule has 90 valence electrons. The number of benzene rings is 1. The van der Waals surface area contributed by atoms with E-state index in [1.165, 1.54) is 18.2 Å². The van der Waals surface area contributed by atoms with Gasteiger partial charge in [-0.15, -0.1) is 0 Å². The van der Waals surface area contributed by atoms with Crippen LogP contribution in [0.2, 0.25) is 0 Å². The quantitative estimate of drug-likeness (QED) is 0.201. The van der Waals surface area contributed by atoms with Gasteiger partial charge in [-0.1, -0.05) is 0 Å². The Kier molecular flexibility index (Phi) is 4.62. The Morgan fingerprint density at radius 3 is 2.06 bits per heavy atom. The molecule has 0 atom stereocenters. The first-order chi connectivity index (χ1) is 7.11. The molecule has 0 heterocycles. The van der Waals surface area contributed by atoms with Crippen molar-refractivity contribution >= 4 is 27.5 Å². The molecule has 0 spiro atoms. The summed E-state index contributed by atoms with van der Waals surface area (Å²) in [6, 6.07) is 4.08. The van der Waals surface area contributed by atoms with Crippen LogP contribution in [0.5, 0.6) is 0 Å². The van der Waals surface area contributed by atoms with E-state index < -0.39 is 15.3 Å². The summed E-state index contributed by atoms with van der Waals surface area (Å²) in [5.74, 6) is 0. The van der Waals surface area contributed by atoms with Crippen LogP contribution in [0.3, 0.4) is 0 Å². The van der Waals surface area contributed by atoms with Crippen LogP contribution in [0.1, 0.15) is 0 Å². The van der Waals surface area contributed by atoms with E-state index in [4.69, 9.17) is 29.0 Å². The fraction of sp³-hybridized carbons (Fsp3) is 0. The number of nitro benzene ring substituents is 1. The van der Waals surface area contributed by atoms with Gasteiger partial charge in [-0.05, 0) is 12.1 Å². The number of anilines is 2. The Morgan fingerprint density at radius 1 is 1.31 bits per heavy atom. The van der Waals surface area contributed by atoms with Crippen LogP contribution in [0, 0.1) is 10.1 Å².